The molecule has 1 aromatic heterocycles. The summed E-state index contributed by atoms with van der Waals surface area (Å²) in [4.78, 5) is 0. The van der Waals surface area contributed by atoms with Crippen LogP contribution >= 0.6 is 12.2 Å². The zero-order valence-electron chi connectivity index (χ0n) is 16.0. The number of hydrogen-bond donors (Lipinski definition) is 2. The minimum absolute atomic E-state index is 0.232. The third-order valence-electron chi connectivity index (χ3n) is 4.43. The first-order chi connectivity index (χ1) is 13.7. The molecule has 0 atom stereocenters. The van der Waals surface area contributed by atoms with Gasteiger partial charge in [0.1, 0.15) is 0 Å². The molecule has 8 heteroatoms. The van der Waals surface area contributed by atoms with Crippen LogP contribution in [0.25, 0.3) is 0 Å². The topological polar surface area (TPSA) is 41.9 Å². The van der Waals surface area contributed by atoms with Crippen molar-refractivity contribution in [3.05, 3.63) is 77.0 Å². The van der Waals surface area contributed by atoms with E-state index in [9.17, 15) is 13.2 Å². The molecule has 152 valence electrons. The quantitative estimate of drug-likeness (QED) is 0.527. The Morgan fingerprint density at radius 2 is 1.76 bits per heavy atom. The molecule has 0 aliphatic carbocycles. The van der Waals surface area contributed by atoms with Crippen molar-refractivity contribution in [3.63, 3.8) is 0 Å². The molecule has 4 nitrogen and oxygen atoms in total. The van der Waals surface area contributed by atoms with Crippen molar-refractivity contribution in [2.45, 2.75) is 33.0 Å². The fourth-order valence-electron chi connectivity index (χ4n) is 2.85. The van der Waals surface area contributed by atoms with Crippen LogP contribution in [0.1, 0.15) is 29.3 Å². The van der Waals surface area contributed by atoms with Crippen LogP contribution in [0.15, 0.2) is 54.6 Å². The third-order valence-corrected chi connectivity index (χ3v) is 4.63. The Hall–Kier alpha value is -2.87. The summed E-state index contributed by atoms with van der Waals surface area (Å²) in [6.45, 7) is 4.16. The molecular weight excluding hydrogens is 397 g/mol. The van der Waals surface area contributed by atoms with E-state index in [0.717, 1.165) is 29.9 Å². The molecule has 2 aromatic carbocycles. The van der Waals surface area contributed by atoms with Gasteiger partial charge in [-0.3, -0.25) is 4.68 Å². The maximum absolute atomic E-state index is 12.9. The van der Waals surface area contributed by atoms with Gasteiger partial charge in [-0.15, -0.1) is 0 Å². The molecule has 0 fully saturated rings. The predicted molar refractivity (Wildman–Crippen MR) is 113 cm³/mol. The van der Waals surface area contributed by atoms with Gasteiger partial charge in [-0.1, -0.05) is 31.2 Å². The van der Waals surface area contributed by atoms with Gasteiger partial charge in [-0.2, -0.15) is 18.3 Å². The Balaban J connectivity index is 1.66. The SMILES string of the molecule is CCc1ccc(NC(=S)Nc2cc(C)n(Cc3cccc(C(F)(F)F)c3)n2)cc1. The monoisotopic (exact) mass is 418 g/mol. The van der Waals surface area contributed by atoms with Gasteiger partial charge in [0.25, 0.3) is 0 Å². The van der Waals surface area contributed by atoms with Crippen LogP contribution in [0.2, 0.25) is 0 Å². The highest BCUT2D eigenvalue weighted by Crippen LogP contribution is 2.29. The number of nitrogens with zero attached hydrogens (tertiary/aromatic N) is 2. The Morgan fingerprint density at radius 3 is 2.41 bits per heavy atom. The van der Waals surface area contributed by atoms with Crippen molar-refractivity contribution in [2.24, 2.45) is 0 Å². The van der Waals surface area contributed by atoms with Crippen LogP contribution in [0.5, 0.6) is 0 Å². The minimum Gasteiger partial charge on any atom is -0.332 e. The first-order valence-corrected chi connectivity index (χ1v) is 9.53. The molecular formula is C21H21F3N4S. The summed E-state index contributed by atoms with van der Waals surface area (Å²) in [5, 5.41) is 10.9. The van der Waals surface area contributed by atoms with Gasteiger partial charge >= 0.3 is 6.18 Å². The van der Waals surface area contributed by atoms with Gasteiger partial charge in [0.15, 0.2) is 10.9 Å². The number of aryl methyl sites for hydroxylation is 2. The molecule has 3 aromatic rings. The molecule has 0 aliphatic heterocycles. The second-order valence-electron chi connectivity index (χ2n) is 6.66. The van der Waals surface area contributed by atoms with Crippen molar-refractivity contribution in [1.29, 1.82) is 0 Å². The first kappa shape index (κ1) is 20.9. The number of hydrogen-bond acceptors (Lipinski definition) is 2. The molecule has 0 amide bonds. The molecule has 0 bridgehead atoms. The third kappa shape index (κ3) is 5.57. The van der Waals surface area contributed by atoms with Gasteiger partial charge in [-0.05, 0) is 61.0 Å². The van der Waals surface area contributed by atoms with Crippen LogP contribution in [-0.4, -0.2) is 14.9 Å². The van der Waals surface area contributed by atoms with Gasteiger partial charge in [-0.25, -0.2) is 0 Å². The Morgan fingerprint density at radius 1 is 1.03 bits per heavy atom. The van der Waals surface area contributed by atoms with Crippen LogP contribution in [0.4, 0.5) is 24.7 Å². The number of alkyl halides is 3. The minimum atomic E-state index is -4.37. The lowest BCUT2D eigenvalue weighted by Gasteiger charge is -2.10. The van der Waals surface area contributed by atoms with E-state index < -0.39 is 11.7 Å². The lowest BCUT2D eigenvalue weighted by atomic mass is 10.1. The van der Waals surface area contributed by atoms with E-state index in [1.807, 2.05) is 31.2 Å². The molecule has 0 radical (unpaired) electrons. The lowest BCUT2D eigenvalue weighted by Crippen LogP contribution is -2.19. The van der Waals surface area contributed by atoms with Crippen LogP contribution in [0.3, 0.4) is 0 Å². The Bertz CT molecular complexity index is 994. The summed E-state index contributed by atoms with van der Waals surface area (Å²) in [5.74, 6) is 0.525. The molecule has 0 saturated carbocycles. The van der Waals surface area contributed by atoms with Crippen molar-refractivity contribution >= 4 is 28.8 Å². The molecule has 0 unspecified atom stereocenters. The molecule has 0 spiro atoms. The highest BCUT2D eigenvalue weighted by molar-refractivity contribution is 7.80. The second-order valence-corrected chi connectivity index (χ2v) is 7.06. The molecule has 3 rings (SSSR count). The Kier molecular flexibility index (Phi) is 6.22. The number of halogens is 3. The fourth-order valence-corrected chi connectivity index (χ4v) is 3.08. The maximum Gasteiger partial charge on any atom is 0.416 e. The molecule has 1 heterocycles. The van der Waals surface area contributed by atoms with E-state index in [0.29, 0.717) is 16.5 Å². The summed E-state index contributed by atoms with van der Waals surface area (Å²) in [7, 11) is 0. The fraction of sp³-hybridized carbons (Fsp3) is 0.238. The highest BCUT2D eigenvalue weighted by Gasteiger charge is 2.30. The van der Waals surface area contributed by atoms with Crippen LogP contribution < -0.4 is 10.6 Å². The second kappa shape index (κ2) is 8.65. The van der Waals surface area contributed by atoms with Gasteiger partial charge < -0.3 is 10.6 Å². The average Bonchev–Trinajstić information content (AvgIpc) is 3.00. The summed E-state index contributed by atoms with van der Waals surface area (Å²) in [5.41, 5.74) is 2.75. The van der Waals surface area contributed by atoms with E-state index in [1.54, 1.807) is 16.8 Å². The predicted octanol–water partition coefficient (Wildman–Crippen LogP) is 5.63. The van der Waals surface area contributed by atoms with Crippen molar-refractivity contribution < 1.29 is 13.2 Å². The number of thiocarbonyl (C=S) groups is 1. The lowest BCUT2D eigenvalue weighted by molar-refractivity contribution is -0.137. The van der Waals surface area contributed by atoms with Crippen LogP contribution in [-0.2, 0) is 19.1 Å². The van der Waals surface area contributed by atoms with Crippen molar-refractivity contribution in [2.75, 3.05) is 10.6 Å². The zero-order chi connectivity index (χ0) is 21.0. The summed E-state index contributed by atoms with van der Waals surface area (Å²) in [6.07, 6.45) is -3.40. The molecule has 29 heavy (non-hydrogen) atoms. The molecule has 0 aliphatic rings. The van der Waals surface area contributed by atoms with E-state index in [4.69, 9.17) is 12.2 Å². The van der Waals surface area contributed by atoms with E-state index >= 15 is 0 Å². The maximum atomic E-state index is 12.9. The number of benzene rings is 2. The highest BCUT2D eigenvalue weighted by atomic mass is 32.1. The van der Waals surface area contributed by atoms with Gasteiger partial charge in [0, 0.05) is 17.4 Å². The van der Waals surface area contributed by atoms with Gasteiger partial charge in [0.05, 0.1) is 12.1 Å². The van der Waals surface area contributed by atoms with E-state index in [1.165, 1.54) is 11.6 Å². The van der Waals surface area contributed by atoms with E-state index in [-0.39, 0.29) is 6.54 Å². The number of anilines is 2. The first-order valence-electron chi connectivity index (χ1n) is 9.12. The summed E-state index contributed by atoms with van der Waals surface area (Å²) >= 11 is 5.32. The average molecular weight is 418 g/mol. The van der Waals surface area contributed by atoms with Crippen molar-refractivity contribution in [1.82, 2.24) is 9.78 Å². The number of aromatic nitrogens is 2. The largest absolute Gasteiger partial charge is 0.416 e. The normalized spacial score (nSPS) is 11.3. The summed E-state index contributed by atoms with van der Waals surface area (Å²) < 4.78 is 40.3. The Labute approximate surface area is 172 Å². The molecule has 0 saturated heterocycles. The van der Waals surface area contributed by atoms with Crippen molar-refractivity contribution in [3.8, 4) is 0 Å². The summed E-state index contributed by atoms with van der Waals surface area (Å²) in [6, 6.07) is 15.0. The smallest absolute Gasteiger partial charge is 0.332 e. The van der Waals surface area contributed by atoms with Gasteiger partial charge in [0.2, 0.25) is 0 Å². The van der Waals surface area contributed by atoms with E-state index in [2.05, 4.69) is 22.7 Å². The molecule has 2 N–H and O–H groups in total. The zero-order valence-corrected chi connectivity index (χ0v) is 16.9. The number of nitrogens with one attached hydrogen (secondary N) is 2. The number of rotatable bonds is 5. The standard InChI is InChI=1S/C21H21F3N4S/c1-3-15-7-9-18(10-8-15)25-20(29)26-19-11-14(2)28(27-19)13-16-5-4-6-17(12-16)21(22,23)24/h4-12H,3,13H2,1-2H3,(H2,25,26,27,29). The van der Waals surface area contributed by atoms with Crippen LogP contribution in [0, 0.1) is 6.92 Å².